The van der Waals surface area contributed by atoms with Gasteiger partial charge in [-0.15, -0.1) is 0 Å². The predicted molar refractivity (Wildman–Crippen MR) is 90.6 cm³/mol. The van der Waals surface area contributed by atoms with Crippen molar-refractivity contribution in [1.29, 1.82) is 0 Å². The molecule has 2 aliphatic rings. The number of hydrogen-bond acceptors (Lipinski definition) is 4. The van der Waals surface area contributed by atoms with Gasteiger partial charge in [-0.25, -0.2) is 4.98 Å². The zero-order valence-corrected chi connectivity index (χ0v) is 14.1. The van der Waals surface area contributed by atoms with Gasteiger partial charge in [0, 0.05) is 26.4 Å². The fourth-order valence-electron chi connectivity index (χ4n) is 3.56. The van der Waals surface area contributed by atoms with E-state index < -0.39 is 0 Å². The van der Waals surface area contributed by atoms with Gasteiger partial charge in [0.25, 0.3) is 5.91 Å². The van der Waals surface area contributed by atoms with Gasteiger partial charge < -0.3 is 15.0 Å². The number of amides is 1. The van der Waals surface area contributed by atoms with Crippen LogP contribution in [-0.4, -0.2) is 48.1 Å². The molecule has 1 saturated carbocycles. The van der Waals surface area contributed by atoms with Gasteiger partial charge in [0.1, 0.15) is 5.82 Å². The number of nitrogens with zero attached hydrogens (tertiary/aromatic N) is 2. The first-order chi connectivity index (χ1) is 11.2. The van der Waals surface area contributed by atoms with Gasteiger partial charge in [-0.1, -0.05) is 6.92 Å². The van der Waals surface area contributed by atoms with Gasteiger partial charge in [0.05, 0.1) is 17.7 Å². The van der Waals surface area contributed by atoms with Crippen molar-refractivity contribution in [3.8, 4) is 0 Å². The van der Waals surface area contributed by atoms with E-state index in [-0.39, 0.29) is 12.0 Å². The van der Waals surface area contributed by atoms with Crippen LogP contribution in [0, 0.1) is 5.92 Å². The normalized spacial score (nSPS) is 25.6. The van der Waals surface area contributed by atoms with Gasteiger partial charge in [0.2, 0.25) is 0 Å². The monoisotopic (exact) mass is 317 g/mol. The lowest BCUT2D eigenvalue weighted by atomic mass is 9.99. The van der Waals surface area contributed by atoms with Crippen LogP contribution in [0.25, 0.3) is 0 Å². The van der Waals surface area contributed by atoms with Crippen molar-refractivity contribution < 1.29 is 9.53 Å². The number of piperidine rings is 1. The first-order valence-corrected chi connectivity index (χ1v) is 8.72. The minimum absolute atomic E-state index is 0.103. The Morgan fingerprint density at radius 1 is 1.26 bits per heavy atom. The van der Waals surface area contributed by atoms with Crippen molar-refractivity contribution in [2.45, 2.75) is 51.2 Å². The number of anilines is 1. The first-order valence-electron chi connectivity index (χ1n) is 8.72. The van der Waals surface area contributed by atoms with Crippen molar-refractivity contribution in [2.75, 3.05) is 25.5 Å². The predicted octanol–water partition coefficient (Wildman–Crippen LogP) is 2.93. The fourth-order valence-corrected chi connectivity index (χ4v) is 3.56. The highest BCUT2D eigenvalue weighted by molar-refractivity contribution is 5.94. The molecular weight excluding hydrogens is 290 g/mol. The highest BCUT2D eigenvalue weighted by Crippen LogP contribution is 2.24. The second kappa shape index (κ2) is 7.30. The summed E-state index contributed by atoms with van der Waals surface area (Å²) in [5.74, 6) is 1.65. The summed E-state index contributed by atoms with van der Waals surface area (Å²) >= 11 is 0. The SMILES string of the molecule is CO[C@@H]1CCC[C@H]1Nc1ccc(C(=O)N2CCC(C)CC2)cn1. The molecule has 3 rings (SSSR count). The molecule has 1 N–H and O–H groups in total. The topological polar surface area (TPSA) is 54.5 Å². The molecule has 5 heteroatoms. The summed E-state index contributed by atoms with van der Waals surface area (Å²) in [6, 6.07) is 4.11. The van der Waals surface area contributed by atoms with E-state index >= 15 is 0 Å². The Bertz CT molecular complexity index is 524. The molecule has 1 amide bonds. The van der Waals surface area contributed by atoms with Crippen LogP contribution in [0.5, 0.6) is 0 Å². The summed E-state index contributed by atoms with van der Waals surface area (Å²) in [5.41, 5.74) is 0.680. The van der Waals surface area contributed by atoms with Crippen LogP contribution in [0.2, 0.25) is 0 Å². The van der Waals surface area contributed by atoms with E-state index in [1.165, 1.54) is 6.42 Å². The maximum Gasteiger partial charge on any atom is 0.255 e. The minimum atomic E-state index is 0.103. The van der Waals surface area contributed by atoms with E-state index in [1.54, 1.807) is 13.3 Å². The molecule has 2 heterocycles. The second-order valence-electron chi connectivity index (χ2n) is 6.86. The Balaban J connectivity index is 1.59. The van der Waals surface area contributed by atoms with E-state index in [0.29, 0.717) is 11.6 Å². The number of hydrogen-bond donors (Lipinski definition) is 1. The molecule has 5 nitrogen and oxygen atoms in total. The molecule has 1 aromatic rings. The number of pyridine rings is 1. The highest BCUT2D eigenvalue weighted by atomic mass is 16.5. The molecule has 0 radical (unpaired) electrons. The molecule has 1 aliphatic carbocycles. The summed E-state index contributed by atoms with van der Waals surface area (Å²) in [7, 11) is 1.76. The van der Waals surface area contributed by atoms with Gasteiger partial charge in [-0.05, 0) is 50.2 Å². The van der Waals surface area contributed by atoms with Crippen molar-refractivity contribution in [2.24, 2.45) is 5.92 Å². The summed E-state index contributed by atoms with van der Waals surface area (Å²) < 4.78 is 5.49. The molecule has 2 atom stereocenters. The summed E-state index contributed by atoms with van der Waals surface area (Å²) in [5, 5.41) is 3.43. The number of rotatable bonds is 4. The zero-order valence-electron chi connectivity index (χ0n) is 14.1. The number of carbonyl (C=O) groups is 1. The molecular formula is C18H27N3O2. The van der Waals surface area contributed by atoms with E-state index in [0.717, 1.165) is 50.5 Å². The second-order valence-corrected chi connectivity index (χ2v) is 6.86. The third-order valence-corrected chi connectivity index (χ3v) is 5.17. The first kappa shape index (κ1) is 16.2. The molecule has 0 aromatic carbocycles. The smallest absolute Gasteiger partial charge is 0.255 e. The molecule has 1 saturated heterocycles. The van der Waals surface area contributed by atoms with Crippen LogP contribution in [0.3, 0.4) is 0 Å². The fraction of sp³-hybridized carbons (Fsp3) is 0.667. The molecule has 1 aromatic heterocycles. The van der Waals surface area contributed by atoms with E-state index in [4.69, 9.17) is 4.74 Å². The molecule has 126 valence electrons. The van der Waals surface area contributed by atoms with Crippen LogP contribution >= 0.6 is 0 Å². The lowest BCUT2D eigenvalue weighted by Crippen LogP contribution is -2.38. The Morgan fingerprint density at radius 3 is 2.70 bits per heavy atom. The number of methoxy groups -OCH3 is 1. The summed E-state index contributed by atoms with van der Waals surface area (Å²) in [6.07, 6.45) is 7.52. The Hall–Kier alpha value is -1.62. The van der Waals surface area contributed by atoms with E-state index in [9.17, 15) is 4.79 Å². The Labute approximate surface area is 138 Å². The van der Waals surface area contributed by atoms with E-state index in [2.05, 4.69) is 17.2 Å². The number of likely N-dealkylation sites (tertiary alicyclic amines) is 1. The van der Waals surface area contributed by atoms with Gasteiger partial charge in [-0.3, -0.25) is 4.79 Å². The molecule has 2 fully saturated rings. The lowest BCUT2D eigenvalue weighted by Gasteiger charge is -2.30. The van der Waals surface area contributed by atoms with Gasteiger partial charge in [0.15, 0.2) is 0 Å². The molecule has 0 spiro atoms. The quantitative estimate of drug-likeness (QED) is 0.927. The summed E-state index contributed by atoms with van der Waals surface area (Å²) in [4.78, 5) is 18.9. The van der Waals surface area contributed by atoms with Crippen molar-refractivity contribution >= 4 is 11.7 Å². The average Bonchev–Trinajstić information content (AvgIpc) is 3.03. The molecule has 0 unspecified atom stereocenters. The van der Waals surface area contributed by atoms with Crippen LogP contribution in [0.4, 0.5) is 5.82 Å². The minimum Gasteiger partial charge on any atom is -0.379 e. The zero-order chi connectivity index (χ0) is 16.2. The number of nitrogens with one attached hydrogen (secondary N) is 1. The third-order valence-electron chi connectivity index (χ3n) is 5.17. The number of aromatic nitrogens is 1. The Kier molecular flexibility index (Phi) is 5.16. The van der Waals surface area contributed by atoms with E-state index in [1.807, 2.05) is 17.0 Å². The summed E-state index contributed by atoms with van der Waals surface area (Å²) in [6.45, 7) is 3.97. The molecule has 23 heavy (non-hydrogen) atoms. The molecule has 1 aliphatic heterocycles. The van der Waals surface area contributed by atoms with Gasteiger partial charge >= 0.3 is 0 Å². The number of carbonyl (C=O) groups excluding carboxylic acids is 1. The van der Waals surface area contributed by atoms with Crippen LogP contribution < -0.4 is 5.32 Å². The Morgan fingerprint density at radius 2 is 2.04 bits per heavy atom. The largest absolute Gasteiger partial charge is 0.379 e. The van der Waals surface area contributed by atoms with Crippen LogP contribution in [0.15, 0.2) is 18.3 Å². The number of ether oxygens (including phenoxy) is 1. The third kappa shape index (κ3) is 3.83. The lowest BCUT2D eigenvalue weighted by molar-refractivity contribution is 0.0697. The standard InChI is InChI=1S/C18H27N3O2/c1-13-8-10-21(11-9-13)18(22)14-6-7-17(19-12-14)20-15-4-3-5-16(15)23-2/h6-7,12-13,15-16H,3-5,8-11H2,1-2H3,(H,19,20)/t15-,16-/m1/s1. The maximum absolute atomic E-state index is 12.5. The van der Waals surface area contributed by atoms with Crippen molar-refractivity contribution in [3.05, 3.63) is 23.9 Å². The maximum atomic E-state index is 12.5. The van der Waals surface area contributed by atoms with Crippen LogP contribution in [0.1, 0.15) is 49.4 Å². The average molecular weight is 317 g/mol. The highest BCUT2D eigenvalue weighted by Gasteiger charge is 2.27. The van der Waals surface area contributed by atoms with Crippen molar-refractivity contribution in [3.63, 3.8) is 0 Å². The van der Waals surface area contributed by atoms with Crippen LogP contribution in [-0.2, 0) is 4.74 Å². The van der Waals surface area contributed by atoms with Gasteiger partial charge in [-0.2, -0.15) is 0 Å². The van der Waals surface area contributed by atoms with Crippen molar-refractivity contribution in [1.82, 2.24) is 9.88 Å². The molecule has 0 bridgehead atoms.